The Balaban J connectivity index is 2.10. The first-order chi connectivity index (χ1) is 10.3. The fraction of sp³-hybridized carbons (Fsp3) is 0.188. The van der Waals surface area contributed by atoms with Crippen molar-refractivity contribution in [2.24, 2.45) is 0 Å². The standard InChI is InChI=1S/C16H15Cl2NO3/c1-16(22,10-5-3-2-4-6-10)9-14(20)19-11-7-12(17)15(21)13(18)8-11/h2-8,21-22H,9H2,1H3,(H,19,20). The van der Waals surface area contributed by atoms with Crippen LogP contribution in [-0.2, 0) is 10.4 Å². The summed E-state index contributed by atoms with van der Waals surface area (Å²) in [6.07, 6.45) is -0.132. The Morgan fingerprint density at radius 3 is 2.27 bits per heavy atom. The molecule has 4 nitrogen and oxygen atoms in total. The maximum atomic E-state index is 12.1. The van der Waals surface area contributed by atoms with Gasteiger partial charge in [0.25, 0.3) is 0 Å². The van der Waals surface area contributed by atoms with Crippen LogP contribution in [-0.4, -0.2) is 16.1 Å². The molecule has 3 N–H and O–H groups in total. The molecular formula is C16H15Cl2NO3. The molecule has 0 radical (unpaired) electrons. The Labute approximate surface area is 138 Å². The fourth-order valence-corrected chi connectivity index (χ4v) is 2.54. The van der Waals surface area contributed by atoms with Gasteiger partial charge >= 0.3 is 0 Å². The van der Waals surface area contributed by atoms with E-state index in [-0.39, 0.29) is 22.2 Å². The van der Waals surface area contributed by atoms with Gasteiger partial charge < -0.3 is 15.5 Å². The van der Waals surface area contributed by atoms with Crippen molar-refractivity contribution in [2.45, 2.75) is 18.9 Å². The summed E-state index contributed by atoms with van der Waals surface area (Å²) in [4.78, 5) is 12.1. The zero-order valence-electron chi connectivity index (χ0n) is 11.8. The number of nitrogens with one attached hydrogen (secondary N) is 1. The quantitative estimate of drug-likeness (QED) is 0.739. The first kappa shape index (κ1) is 16.6. The monoisotopic (exact) mass is 339 g/mol. The molecule has 2 aromatic carbocycles. The van der Waals surface area contributed by atoms with Gasteiger partial charge in [0.1, 0.15) is 0 Å². The number of amides is 1. The maximum absolute atomic E-state index is 12.1. The lowest BCUT2D eigenvalue weighted by Gasteiger charge is -2.23. The molecule has 0 aliphatic carbocycles. The fourth-order valence-electron chi connectivity index (χ4n) is 2.05. The first-order valence-corrected chi connectivity index (χ1v) is 7.31. The predicted octanol–water partition coefficient (Wildman–Crippen LogP) is 3.94. The van der Waals surface area contributed by atoms with E-state index >= 15 is 0 Å². The summed E-state index contributed by atoms with van der Waals surface area (Å²) in [7, 11) is 0. The molecule has 1 unspecified atom stereocenters. The van der Waals surface area contributed by atoms with Crippen molar-refractivity contribution >= 4 is 34.8 Å². The van der Waals surface area contributed by atoms with Crippen molar-refractivity contribution in [1.82, 2.24) is 0 Å². The van der Waals surface area contributed by atoms with Crippen molar-refractivity contribution in [1.29, 1.82) is 0 Å². The van der Waals surface area contributed by atoms with Crippen molar-refractivity contribution in [3.63, 3.8) is 0 Å². The molecular weight excluding hydrogens is 325 g/mol. The molecule has 1 amide bonds. The van der Waals surface area contributed by atoms with E-state index in [2.05, 4.69) is 5.32 Å². The van der Waals surface area contributed by atoms with Crippen LogP contribution in [0.5, 0.6) is 5.75 Å². The smallest absolute Gasteiger partial charge is 0.227 e. The normalized spacial score (nSPS) is 13.5. The van der Waals surface area contributed by atoms with Gasteiger partial charge in [-0.1, -0.05) is 53.5 Å². The summed E-state index contributed by atoms with van der Waals surface area (Å²) in [5.74, 6) is -0.635. The van der Waals surface area contributed by atoms with Crippen molar-refractivity contribution in [3.8, 4) is 5.75 Å². The zero-order chi connectivity index (χ0) is 16.3. The predicted molar refractivity (Wildman–Crippen MR) is 87.4 cm³/mol. The highest BCUT2D eigenvalue weighted by atomic mass is 35.5. The number of phenols is 1. The lowest BCUT2D eigenvalue weighted by Crippen LogP contribution is -2.28. The largest absolute Gasteiger partial charge is 0.505 e. The van der Waals surface area contributed by atoms with Gasteiger partial charge in [-0.3, -0.25) is 4.79 Å². The number of carbonyl (C=O) groups is 1. The van der Waals surface area contributed by atoms with Crippen LogP contribution in [0, 0.1) is 0 Å². The number of aliphatic hydroxyl groups is 1. The summed E-state index contributed by atoms with van der Waals surface area (Å²) in [6, 6.07) is 11.7. The average molecular weight is 340 g/mol. The van der Waals surface area contributed by atoms with Gasteiger partial charge in [-0.05, 0) is 24.6 Å². The van der Waals surface area contributed by atoms with E-state index in [0.29, 0.717) is 11.3 Å². The molecule has 0 spiro atoms. The number of aromatic hydroxyl groups is 1. The minimum Gasteiger partial charge on any atom is -0.505 e. The van der Waals surface area contributed by atoms with E-state index in [0.717, 1.165) is 0 Å². The van der Waals surface area contributed by atoms with E-state index in [9.17, 15) is 15.0 Å². The van der Waals surface area contributed by atoms with Crippen LogP contribution in [0.4, 0.5) is 5.69 Å². The van der Waals surface area contributed by atoms with Crippen LogP contribution in [0.15, 0.2) is 42.5 Å². The molecule has 22 heavy (non-hydrogen) atoms. The summed E-state index contributed by atoms with van der Waals surface area (Å²) >= 11 is 11.6. The van der Waals surface area contributed by atoms with Crippen LogP contribution in [0.25, 0.3) is 0 Å². The topological polar surface area (TPSA) is 69.6 Å². The second kappa shape index (κ2) is 6.57. The lowest BCUT2D eigenvalue weighted by atomic mass is 9.92. The number of rotatable bonds is 4. The van der Waals surface area contributed by atoms with Crippen LogP contribution in [0.3, 0.4) is 0 Å². The molecule has 0 aromatic heterocycles. The number of carbonyl (C=O) groups excluding carboxylic acids is 1. The molecule has 0 saturated heterocycles. The second-order valence-corrected chi connectivity index (χ2v) is 5.97. The molecule has 2 aromatic rings. The Hall–Kier alpha value is -1.75. The number of halogens is 2. The number of hydrogen-bond acceptors (Lipinski definition) is 3. The van der Waals surface area contributed by atoms with E-state index in [4.69, 9.17) is 23.2 Å². The SMILES string of the molecule is CC(O)(CC(=O)Nc1cc(Cl)c(O)c(Cl)c1)c1ccccc1. The molecule has 0 saturated carbocycles. The number of anilines is 1. The van der Waals surface area contributed by atoms with E-state index in [1.807, 2.05) is 6.07 Å². The van der Waals surface area contributed by atoms with Gasteiger partial charge in [0, 0.05) is 5.69 Å². The number of hydrogen-bond donors (Lipinski definition) is 3. The van der Waals surface area contributed by atoms with Crippen LogP contribution in [0.2, 0.25) is 10.0 Å². The minimum absolute atomic E-state index is 0.0395. The van der Waals surface area contributed by atoms with E-state index < -0.39 is 11.5 Å². The second-order valence-electron chi connectivity index (χ2n) is 5.15. The van der Waals surface area contributed by atoms with Gasteiger partial charge in [0.05, 0.1) is 22.1 Å². The molecule has 0 fully saturated rings. The molecule has 6 heteroatoms. The number of benzene rings is 2. The summed E-state index contributed by atoms with van der Waals surface area (Å²) in [5, 5.41) is 22.6. The van der Waals surface area contributed by atoms with Crippen LogP contribution in [0.1, 0.15) is 18.9 Å². The lowest BCUT2D eigenvalue weighted by molar-refractivity contribution is -0.120. The highest BCUT2D eigenvalue weighted by Crippen LogP contribution is 2.35. The van der Waals surface area contributed by atoms with Gasteiger partial charge in [-0.25, -0.2) is 0 Å². The summed E-state index contributed by atoms with van der Waals surface area (Å²) in [6.45, 7) is 1.57. The van der Waals surface area contributed by atoms with Gasteiger partial charge in [-0.15, -0.1) is 0 Å². The number of phenolic OH excluding ortho intramolecular Hbond substituents is 1. The molecule has 116 valence electrons. The van der Waals surface area contributed by atoms with E-state index in [1.165, 1.54) is 12.1 Å². The Morgan fingerprint density at radius 2 is 1.73 bits per heavy atom. The Kier molecular flexibility index (Phi) is 4.96. The molecule has 2 rings (SSSR count). The maximum Gasteiger partial charge on any atom is 0.227 e. The van der Waals surface area contributed by atoms with Gasteiger partial charge in [0.15, 0.2) is 5.75 Å². The third-order valence-corrected chi connectivity index (χ3v) is 3.78. The van der Waals surface area contributed by atoms with Crippen molar-refractivity contribution in [2.75, 3.05) is 5.32 Å². The van der Waals surface area contributed by atoms with Crippen LogP contribution < -0.4 is 5.32 Å². The zero-order valence-corrected chi connectivity index (χ0v) is 13.3. The van der Waals surface area contributed by atoms with Crippen molar-refractivity contribution < 1.29 is 15.0 Å². The van der Waals surface area contributed by atoms with E-state index in [1.54, 1.807) is 31.2 Å². The highest BCUT2D eigenvalue weighted by molar-refractivity contribution is 6.37. The van der Waals surface area contributed by atoms with Crippen LogP contribution >= 0.6 is 23.2 Å². The molecule has 0 bridgehead atoms. The Morgan fingerprint density at radius 1 is 1.18 bits per heavy atom. The van der Waals surface area contributed by atoms with Gasteiger partial charge in [0.2, 0.25) is 5.91 Å². The molecule has 0 aliphatic rings. The highest BCUT2D eigenvalue weighted by Gasteiger charge is 2.26. The molecule has 1 atom stereocenters. The Bertz CT molecular complexity index is 664. The third-order valence-electron chi connectivity index (χ3n) is 3.20. The third kappa shape index (κ3) is 3.91. The first-order valence-electron chi connectivity index (χ1n) is 6.55. The van der Waals surface area contributed by atoms with Gasteiger partial charge in [-0.2, -0.15) is 0 Å². The molecule has 0 heterocycles. The minimum atomic E-state index is -1.30. The van der Waals surface area contributed by atoms with Crippen molar-refractivity contribution in [3.05, 3.63) is 58.1 Å². The molecule has 0 aliphatic heterocycles. The summed E-state index contributed by atoms with van der Waals surface area (Å²) < 4.78 is 0. The average Bonchev–Trinajstić information content (AvgIpc) is 2.45. The summed E-state index contributed by atoms with van der Waals surface area (Å²) in [5.41, 5.74) is -0.302.